The van der Waals surface area contributed by atoms with Gasteiger partial charge in [0.25, 0.3) is 5.56 Å². The van der Waals surface area contributed by atoms with E-state index in [1.165, 1.54) is 26.0 Å². The van der Waals surface area contributed by atoms with Crippen LogP contribution in [0.3, 0.4) is 0 Å². The molecule has 0 radical (unpaired) electrons. The van der Waals surface area contributed by atoms with Crippen LogP contribution in [0, 0.1) is 0 Å². The van der Waals surface area contributed by atoms with Gasteiger partial charge in [-0.15, -0.1) is 0 Å². The summed E-state index contributed by atoms with van der Waals surface area (Å²) in [6.45, 7) is 1.59. The van der Waals surface area contributed by atoms with Crippen LogP contribution in [-0.4, -0.2) is 58.8 Å². The van der Waals surface area contributed by atoms with E-state index >= 15 is 0 Å². The Labute approximate surface area is 163 Å². The van der Waals surface area contributed by atoms with Gasteiger partial charge in [0.2, 0.25) is 0 Å². The first kappa shape index (κ1) is 18.5. The second kappa shape index (κ2) is 7.29. The van der Waals surface area contributed by atoms with E-state index in [0.717, 1.165) is 42.1 Å². The lowest BCUT2D eigenvalue weighted by molar-refractivity contribution is 0.456. The van der Waals surface area contributed by atoms with Crippen molar-refractivity contribution in [1.82, 2.24) is 19.5 Å². The van der Waals surface area contributed by atoms with E-state index in [4.69, 9.17) is 0 Å². The molecule has 3 heterocycles. The van der Waals surface area contributed by atoms with Crippen LogP contribution in [0.4, 0.5) is 17.5 Å². The standard InChI is InChI=1S/C19H27N7O2/c1-23(2)15-10-16(21-12-20-15)26(13-4-5-13)14-6-8-25(9-7-14)17-11-18(27)24(3)19(28)22-17/h10-14H,4-9H2,1-3H3,(H,22,28). The molecule has 2 aliphatic rings. The van der Waals surface area contributed by atoms with Gasteiger partial charge in [0.15, 0.2) is 0 Å². The zero-order valence-corrected chi connectivity index (χ0v) is 16.6. The van der Waals surface area contributed by atoms with E-state index in [1.807, 2.05) is 19.0 Å². The van der Waals surface area contributed by atoms with Crippen molar-refractivity contribution < 1.29 is 0 Å². The van der Waals surface area contributed by atoms with Crippen LogP contribution in [0.1, 0.15) is 25.7 Å². The molecule has 1 saturated heterocycles. The molecule has 28 heavy (non-hydrogen) atoms. The third kappa shape index (κ3) is 3.61. The molecule has 9 nitrogen and oxygen atoms in total. The van der Waals surface area contributed by atoms with Gasteiger partial charge in [-0.1, -0.05) is 0 Å². The van der Waals surface area contributed by atoms with Crippen LogP contribution < -0.4 is 25.9 Å². The Balaban J connectivity index is 1.51. The Morgan fingerprint density at radius 3 is 2.25 bits per heavy atom. The fraction of sp³-hybridized carbons (Fsp3) is 0.579. The molecule has 0 spiro atoms. The third-order valence-electron chi connectivity index (χ3n) is 5.63. The molecule has 0 unspecified atom stereocenters. The second-order valence-electron chi connectivity index (χ2n) is 7.84. The average Bonchev–Trinajstić information content (AvgIpc) is 3.52. The Morgan fingerprint density at radius 2 is 1.64 bits per heavy atom. The van der Waals surface area contributed by atoms with Gasteiger partial charge in [-0.25, -0.2) is 14.8 Å². The van der Waals surface area contributed by atoms with Crippen molar-refractivity contribution in [1.29, 1.82) is 0 Å². The zero-order chi connectivity index (χ0) is 19.8. The van der Waals surface area contributed by atoms with E-state index < -0.39 is 0 Å². The number of rotatable bonds is 5. The van der Waals surface area contributed by atoms with Crippen molar-refractivity contribution in [3.05, 3.63) is 39.3 Å². The lowest BCUT2D eigenvalue weighted by Gasteiger charge is -2.40. The first-order valence-electron chi connectivity index (χ1n) is 9.77. The average molecular weight is 385 g/mol. The van der Waals surface area contributed by atoms with Crippen LogP contribution >= 0.6 is 0 Å². The van der Waals surface area contributed by atoms with E-state index in [-0.39, 0.29) is 11.2 Å². The summed E-state index contributed by atoms with van der Waals surface area (Å²) < 4.78 is 1.09. The summed E-state index contributed by atoms with van der Waals surface area (Å²) in [6, 6.07) is 4.51. The van der Waals surface area contributed by atoms with Crippen LogP contribution in [0.2, 0.25) is 0 Å². The first-order chi connectivity index (χ1) is 13.4. The van der Waals surface area contributed by atoms with E-state index in [0.29, 0.717) is 17.9 Å². The third-order valence-corrected chi connectivity index (χ3v) is 5.63. The fourth-order valence-corrected chi connectivity index (χ4v) is 3.85. The molecule has 0 amide bonds. The van der Waals surface area contributed by atoms with Gasteiger partial charge in [0.05, 0.1) is 0 Å². The summed E-state index contributed by atoms with van der Waals surface area (Å²) >= 11 is 0. The SMILES string of the molecule is CN(C)c1cc(N(C2CC2)C2CCN(c3cc(=O)n(C)c(=O)[nH]3)CC2)ncn1. The van der Waals surface area contributed by atoms with Crippen LogP contribution in [0.15, 0.2) is 28.0 Å². The maximum Gasteiger partial charge on any atom is 0.329 e. The fourth-order valence-electron chi connectivity index (χ4n) is 3.85. The van der Waals surface area contributed by atoms with E-state index in [2.05, 4.69) is 30.8 Å². The molecule has 2 fully saturated rings. The van der Waals surface area contributed by atoms with Gasteiger partial charge in [-0.05, 0) is 25.7 Å². The van der Waals surface area contributed by atoms with Crippen LogP contribution in [-0.2, 0) is 7.05 Å². The molecule has 0 aromatic carbocycles. The molecule has 0 atom stereocenters. The normalized spacial score (nSPS) is 17.6. The summed E-state index contributed by atoms with van der Waals surface area (Å²) in [5, 5.41) is 0. The number of H-pyrrole nitrogens is 1. The summed E-state index contributed by atoms with van der Waals surface area (Å²) in [5.74, 6) is 2.51. The van der Waals surface area contributed by atoms with Crippen LogP contribution in [0.5, 0.6) is 0 Å². The minimum Gasteiger partial charge on any atom is -0.363 e. The second-order valence-corrected chi connectivity index (χ2v) is 7.84. The lowest BCUT2D eigenvalue weighted by atomic mass is 10.0. The topological polar surface area (TPSA) is 90.4 Å². The molecule has 1 saturated carbocycles. The largest absolute Gasteiger partial charge is 0.363 e. The van der Waals surface area contributed by atoms with Gasteiger partial charge >= 0.3 is 5.69 Å². The molecule has 1 aliphatic carbocycles. The number of anilines is 3. The predicted octanol–water partition coefficient (Wildman–Crippen LogP) is 0.567. The molecule has 9 heteroatoms. The molecular formula is C19H27N7O2. The highest BCUT2D eigenvalue weighted by Gasteiger charge is 2.36. The number of nitrogens with one attached hydrogen (secondary N) is 1. The van der Waals surface area contributed by atoms with Crippen LogP contribution in [0.25, 0.3) is 0 Å². The maximum atomic E-state index is 11.9. The quantitative estimate of drug-likeness (QED) is 0.805. The number of hydrogen-bond donors (Lipinski definition) is 1. The van der Waals surface area contributed by atoms with Gasteiger partial charge < -0.3 is 14.7 Å². The molecule has 1 aliphatic heterocycles. The van der Waals surface area contributed by atoms with Crippen molar-refractivity contribution in [2.75, 3.05) is 41.9 Å². The highest BCUT2D eigenvalue weighted by Crippen LogP contribution is 2.36. The Kier molecular flexibility index (Phi) is 4.82. The number of aromatic nitrogens is 4. The highest BCUT2D eigenvalue weighted by atomic mass is 16.2. The molecular weight excluding hydrogens is 358 g/mol. The summed E-state index contributed by atoms with van der Waals surface area (Å²) in [5.41, 5.74) is -0.654. The van der Waals surface area contributed by atoms with Gasteiger partial charge in [-0.2, -0.15) is 0 Å². The summed E-state index contributed by atoms with van der Waals surface area (Å²) in [6.07, 6.45) is 5.94. The van der Waals surface area contributed by atoms with Crippen molar-refractivity contribution >= 4 is 17.5 Å². The van der Waals surface area contributed by atoms with Crippen molar-refractivity contribution in [2.45, 2.75) is 37.8 Å². The van der Waals surface area contributed by atoms with Gasteiger partial charge in [0.1, 0.15) is 23.8 Å². The van der Waals surface area contributed by atoms with E-state index in [9.17, 15) is 9.59 Å². The highest BCUT2D eigenvalue weighted by molar-refractivity contribution is 5.52. The molecule has 4 rings (SSSR count). The smallest absolute Gasteiger partial charge is 0.329 e. The van der Waals surface area contributed by atoms with Crippen molar-refractivity contribution in [3.8, 4) is 0 Å². The molecule has 1 N–H and O–H groups in total. The Bertz CT molecular complexity index is 924. The Morgan fingerprint density at radius 1 is 1.00 bits per heavy atom. The zero-order valence-electron chi connectivity index (χ0n) is 16.6. The maximum absolute atomic E-state index is 11.9. The summed E-state index contributed by atoms with van der Waals surface area (Å²) in [4.78, 5) is 42.1. The number of aromatic amines is 1. The minimum absolute atomic E-state index is 0.280. The number of piperidine rings is 1. The van der Waals surface area contributed by atoms with E-state index in [1.54, 1.807) is 6.33 Å². The first-order valence-corrected chi connectivity index (χ1v) is 9.77. The van der Waals surface area contributed by atoms with Crippen molar-refractivity contribution in [2.24, 2.45) is 7.05 Å². The number of hydrogen-bond acceptors (Lipinski definition) is 7. The molecule has 2 aromatic heterocycles. The monoisotopic (exact) mass is 385 g/mol. The predicted molar refractivity (Wildman–Crippen MR) is 109 cm³/mol. The molecule has 0 bridgehead atoms. The van der Waals surface area contributed by atoms with Gasteiger partial charge in [-0.3, -0.25) is 14.3 Å². The van der Waals surface area contributed by atoms with Crippen molar-refractivity contribution in [3.63, 3.8) is 0 Å². The molecule has 2 aromatic rings. The van der Waals surface area contributed by atoms with Gasteiger partial charge in [0, 0.05) is 58.4 Å². The molecule has 150 valence electrons. The minimum atomic E-state index is -0.374. The Hall–Kier alpha value is -2.84. The number of nitrogens with zero attached hydrogens (tertiary/aromatic N) is 6. The lowest BCUT2D eigenvalue weighted by Crippen LogP contribution is -2.47. The summed E-state index contributed by atoms with van der Waals surface area (Å²) in [7, 11) is 5.45.